The van der Waals surface area contributed by atoms with E-state index in [-0.39, 0.29) is 24.5 Å². The number of rotatable bonds is 5. The number of Topliss-reactive ketones (excluding diaryl/α,β-unsaturated/α-hetero) is 1. The number of hydrogen-bond acceptors (Lipinski definition) is 6. The molecule has 1 amide bonds. The van der Waals surface area contributed by atoms with Gasteiger partial charge in [0.05, 0.1) is 18.2 Å². The van der Waals surface area contributed by atoms with Crippen LogP contribution in [0, 0.1) is 6.92 Å². The number of likely N-dealkylation sites (tertiary alicyclic amines) is 1. The lowest BCUT2D eigenvalue weighted by atomic mass is 9.94. The molecule has 0 radical (unpaired) electrons. The SMILES string of the molecule is COCCN1C(=O)C(=O)/C(=C(/O)c2ccc3c(c2)OCCO3)C1c1ccc(C)cc1. The molecule has 2 aliphatic heterocycles. The van der Waals surface area contributed by atoms with Crippen molar-refractivity contribution in [1.29, 1.82) is 0 Å². The number of methoxy groups -OCH3 is 1. The molecule has 156 valence electrons. The largest absolute Gasteiger partial charge is 0.507 e. The van der Waals surface area contributed by atoms with Gasteiger partial charge in [-0.25, -0.2) is 0 Å². The van der Waals surface area contributed by atoms with Gasteiger partial charge in [-0.3, -0.25) is 9.59 Å². The number of benzene rings is 2. The van der Waals surface area contributed by atoms with Crippen molar-refractivity contribution in [3.05, 3.63) is 64.7 Å². The fourth-order valence-corrected chi connectivity index (χ4v) is 3.74. The first-order valence-electron chi connectivity index (χ1n) is 9.75. The number of aliphatic hydroxyl groups excluding tert-OH is 1. The maximum absolute atomic E-state index is 12.9. The van der Waals surface area contributed by atoms with E-state index in [1.807, 2.05) is 31.2 Å². The summed E-state index contributed by atoms with van der Waals surface area (Å²) in [4.78, 5) is 27.1. The molecule has 2 heterocycles. The molecule has 1 atom stereocenters. The third-order valence-corrected chi connectivity index (χ3v) is 5.28. The summed E-state index contributed by atoms with van der Waals surface area (Å²) in [6.07, 6.45) is 0. The van der Waals surface area contributed by atoms with E-state index in [9.17, 15) is 14.7 Å². The van der Waals surface area contributed by atoms with E-state index in [0.717, 1.165) is 11.1 Å². The van der Waals surface area contributed by atoms with Crippen LogP contribution in [-0.2, 0) is 14.3 Å². The normalized spacial score (nSPS) is 19.9. The second-order valence-corrected chi connectivity index (χ2v) is 7.25. The molecule has 7 heteroatoms. The second kappa shape index (κ2) is 8.20. The Hall–Kier alpha value is -3.32. The standard InChI is InChI=1S/C23H23NO6/c1-14-3-5-15(6-4-14)20-19(22(26)23(27)24(20)9-10-28-2)21(25)16-7-8-17-18(13-16)30-12-11-29-17/h3-8,13,20,25H,9-12H2,1-2H3/b21-19+. The molecule has 1 saturated heterocycles. The monoisotopic (exact) mass is 409 g/mol. The summed E-state index contributed by atoms with van der Waals surface area (Å²) >= 11 is 0. The molecule has 1 N–H and O–H groups in total. The zero-order chi connectivity index (χ0) is 21.3. The molecule has 0 aromatic heterocycles. The van der Waals surface area contributed by atoms with Crippen molar-refractivity contribution in [2.24, 2.45) is 0 Å². The Morgan fingerprint density at radius 2 is 1.80 bits per heavy atom. The summed E-state index contributed by atoms with van der Waals surface area (Å²) in [5, 5.41) is 11.1. The Labute approximate surface area is 174 Å². The zero-order valence-electron chi connectivity index (χ0n) is 16.9. The summed E-state index contributed by atoms with van der Waals surface area (Å²) in [6, 6.07) is 11.8. The minimum absolute atomic E-state index is 0.0524. The van der Waals surface area contributed by atoms with E-state index in [0.29, 0.717) is 30.3 Å². The van der Waals surface area contributed by atoms with E-state index in [4.69, 9.17) is 14.2 Å². The molecular formula is C23H23NO6. The lowest BCUT2D eigenvalue weighted by Crippen LogP contribution is -2.32. The average Bonchev–Trinajstić information content (AvgIpc) is 3.02. The van der Waals surface area contributed by atoms with Crippen LogP contribution in [0.3, 0.4) is 0 Å². The van der Waals surface area contributed by atoms with Crippen molar-refractivity contribution in [3.8, 4) is 11.5 Å². The highest BCUT2D eigenvalue weighted by Crippen LogP contribution is 2.41. The van der Waals surface area contributed by atoms with Gasteiger partial charge in [0.2, 0.25) is 0 Å². The number of ether oxygens (including phenoxy) is 3. The summed E-state index contributed by atoms with van der Waals surface area (Å²) in [7, 11) is 1.53. The molecule has 0 aliphatic carbocycles. The van der Waals surface area contributed by atoms with Gasteiger partial charge in [0, 0.05) is 19.2 Å². The van der Waals surface area contributed by atoms with Crippen LogP contribution < -0.4 is 9.47 Å². The van der Waals surface area contributed by atoms with Crippen LogP contribution in [0.15, 0.2) is 48.0 Å². The molecule has 30 heavy (non-hydrogen) atoms. The maximum Gasteiger partial charge on any atom is 0.295 e. The molecule has 2 aromatic carbocycles. The van der Waals surface area contributed by atoms with Crippen LogP contribution >= 0.6 is 0 Å². The molecule has 7 nitrogen and oxygen atoms in total. The average molecular weight is 409 g/mol. The van der Waals surface area contributed by atoms with Crippen LogP contribution in [0.1, 0.15) is 22.7 Å². The smallest absolute Gasteiger partial charge is 0.295 e. The summed E-state index contributed by atoms with van der Waals surface area (Å²) in [5.74, 6) is -0.546. The minimum atomic E-state index is -0.718. The highest BCUT2D eigenvalue weighted by atomic mass is 16.6. The van der Waals surface area contributed by atoms with Crippen LogP contribution in [0.2, 0.25) is 0 Å². The molecule has 4 rings (SSSR count). The summed E-state index contributed by atoms with van der Waals surface area (Å²) < 4.78 is 16.2. The Kier molecular flexibility index (Phi) is 5.46. The van der Waals surface area contributed by atoms with Gasteiger partial charge in [-0.1, -0.05) is 29.8 Å². The summed E-state index contributed by atoms with van der Waals surface area (Å²) in [5.41, 5.74) is 2.24. The van der Waals surface area contributed by atoms with E-state index in [2.05, 4.69) is 0 Å². The Bertz CT molecular complexity index is 1010. The highest BCUT2D eigenvalue weighted by Gasteiger charge is 2.45. The fraction of sp³-hybridized carbons (Fsp3) is 0.304. The number of carbonyl (C=O) groups excluding carboxylic acids is 2. The van der Waals surface area contributed by atoms with Gasteiger partial charge in [-0.2, -0.15) is 0 Å². The Balaban J connectivity index is 1.82. The first-order valence-corrected chi connectivity index (χ1v) is 9.75. The van der Waals surface area contributed by atoms with Crippen LogP contribution in [0.5, 0.6) is 11.5 Å². The number of fused-ring (bicyclic) bond motifs is 1. The highest BCUT2D eigenvalue weighted by molar-refractivity contribution is 6.46. The quantitative estimate of drug-likeness (QED) is 0.464. The minimum Gasteiger partial charge on any atom is -0.507 e. The first-order chi connectivity index (χ1) is 14.5. The maximum atomic E-state index is 12.9. The van der Waals surface area contributed by atoms with Crippen molar-refractivity contribution < 1.29 is 28.9 Å². The molecule has 1 unspecified atom stereocenters. The molecule has 2 aliphatic rings. The van der Waals surface area contributed by atoms with Gasteiger partial charge < -0.3 is 24.2 Å². The Morgan fingerprint density at radius 3 is 2.50 bits per heavy atom. The van der Waals surface area contributed by atoms with Crippen LogP contribution in [0.25, 0.3) is 5.76 Å². The lowest BCUT2D eigenvalue weighted by molar-refractivity contribution is -0.140. The van der Waals surface area contributed by atoms with E-state index >= 15 is 0 Å². The molecule has 2 aromatic rings. The molecule has 0 bridgehead atoms. The van der Waals surface area contributed by atoms with Crippen molar-refractivity contribution in [1.82, 2.24) is 4.90 Å². The topological polar surface area (TPSA) is 85.3 Å². The Morgan fingerprint density at radius 1 is 1.10 bits per heavy atom. The number of hydrogen-bond donors (Lipinski definition) is 1. The molecular weight excluding hydrogens is 386 g/mol. The second-order valence-electron chi connectivity index (χ2n) is 7.25. The van der Waals surface area contributed by atoms with Gasteiger partial charge in [-0.05, 0) is 30.7 Å². The summed E-state index contributed by atoms with van der Waals surface area (Å²) in [6.45, 7) is 3.33. The third-order valence-electron chi connectivity index (χ3n) is 5.28. The van der Waals surface area contributed by atoms with Crippen molar-refractivity contribution in [3.63, 3.8) is 0 Å². The van der Waals surface area contributed by atoms with Gasteiger partial charge in [0.25, 0.3) is 11.7 Å². The number of ketones is 1. The van der Waals surface area contributed by atoms with E-state index < -0.39 is 17.7 Å². The number of amides is 1. The third kappa shape index (κ3) is 3.52. The fourth-order valence-electron chi connectivity index (χ4n) is 3.74. The molecule has 1 fully saturated rings. The molecule has 0 saturated carbocycles. The predicted molar refractivity (Wildman–Crippen MR) is 109 cm³/mol. The number of nitrogens with zero attached hydrogens (tertiary/aromatic N) is 1. The predicted octanol–water partition coefficient (Wildman–Crippen LogP) is 2.83. The van der Waals surface area contributed by atoms with Gasteiger partial charge in [0.1, 0.15) is 19.0 Å². The van der Waals surface area contributed by atoms with Crippen molar-refractivity contribution >= 4 is 17.4 Å². The molecule has 0 spiro atoms. The zero-order valence-corrected chi connectivity index (χ0v) is 16.9. The van der Waals surface area contributed by atoms with Gasteiger partial charge in [-0.15, -0.1) is 0 Å². The first kappa shape index (κ1) is 20.0. The lowest BCUT2D eigenvalue weighted by Gasteiger charge is -2.25. The van der Waals surface area contributed by atoms with E-state index in [1.165, 1.54) is 12.0 Å². The van der Waals surface area contributed by atoms with Gasteiger partial charge in [0.15, 0.2) is 11.5 Å². The number of aliphatic hydroxyl groups is 1. The van der Waals surface area contributed by atoms with Crippen LogP contribution in [-0.4, -0.2) is 55.2 Å². The number of aryl methyl sites for hydroxylation is 1. The number of carbonyl (C=O) groups is 2. The van der Waals surface area contributed by atoms with Crippen LogP contribution in [0.4, 0.5) is 0 Å². The van der Waals surface area contributed by atoms with Gasteiger partial charge >= 0.3 is 0 Å². The van der Waals surface area contributed by atoms with Crippen molar-refractivity contribution in [2.45, 2.75) is 13.0 Å². The van der Waals surface area contributed by atoms with E-state index in [1.54, 1.807) is 18.2 Å². The van der Waals surface area contributed by atoms with Crippen molar-refractivity contribution in [2.75, 3.05) is 33.5 Å².